The summed E-state index contributed by atoms with van der Waals surface area (Å²) >= 11 is 0. The predicted octanol–water partition coefficient (Wildman–Crippen LogP) is 4.37. The molecule has 0 aliphatic carbocycles. The van der Waals surface area contributed by atoms with Gasteiger partial charge in [-0.3, -0.25) is 0 Å². The quantitative estimate of drug-likeness (QED) is 0.772. The highest BCUT2D eigenvalue weighted by atomic mass is 16.5. The number of furan rings is 1. The summed E-state index contributed by atoms with van der Waals surface area (Å²) in [5.41, 5.74) is 2.41. The lowest BCUT2D eigenvalue weighted by Gasteiger charge is -2.47. The Morgan fingerprint density at radius 2 is 2.04 bits per heavy atom. The second-order valence-electron chi connectivity index (χ2n) is 7.19. The number of anilines is 1. The molecule has 2 heterocycles. The standard InChI is InChI=1S/C20H25NO4/c1-13-11-20(2,3)21(17-10-14(23-4)6-8-16(13)17)12-15-7-9-18(25-15)19(22)24-5/h6-10,13H,11-12H2,1-5H3/t13-/m0/s1. The van der Waals surface area contributed by atoms with Crippen LogP contribution in [0, 0.1) is 0 Å². The monoisotopic (exact) mass is 343 g/mol. The molecule has 0 amide bonds. The van der Waals surface area contributed by atoms with E-state index in [4.69, 9.17) is 13.9 Å². The van der Waals surface area contributed by atoms with Crippen LogP contribution in [0.25, 0.3) is 0 Å². The molecule has 0 bridgehead atoms. The molecule has 0 fully saturated rings. The van der Waals surface area contributed by atoms with Crippen molar-refractivity contribution in [2.24, 2.45) is 0 Å². The Kier molecular flexibility index (Phi) is 4.50. The molecular formula is C20H25NO4. The van der Waals surface area contributed by atoms with Gasteiger partial charge in [-0.15, -0.1) is 0 Å². The molecule has 25 heavy (non-hydrogen) atoms. The summed E-state index contributed by atoms with van der Waals surface area (Å²) in [6.45, 7) is 7.30. The minimum atomic E-state index is -0.458. The number of hydrogen-bond donors (Lipinski definition) is 0. The van der Waals surface area contributed by atoms with Gasteiger partial charge in [0.15, 0.2) is 0 Å². The van der Waals surface area contributed by atoms with Crippen LogP contribution >= 0.6 is 0 Å². The number of fused-ring (bicyclic) bond motifs is 1. The molecule has 0 radical (unpaired) electrons. The van der Waals surface area contributed by atoms with Gasteiger partial charge in [0.25, 0.3) is 0 Å². The van der Waals surface area contributed by atoms with Crippen molar-refractivity contribution in [2.45, 2.75) is 45.2 Å². The second kappa shape index (κ2) is 6.47. The number of benzene rings is 1. The van der Waals surface area contributed by atoms with E-state index in [1.165, 1.54) is 12.7 Å². The average Bonchev–Trinajstić information content (AvgIpc) is 3.05. The molecule has 1 aromatic carbocycles. The lowest BCUT2D eigenvalue weighted by atomic mass is 9.80. The normalized spacial score (nSPS) is 18.6. The summed E-state index contributed by atoms with van der Waals surface area (Å²) in [6, 6.07) is 9.72. The van der Waals surface area contributed by atoms with Gasteiger partial charge in [-0.05, 0) is 49.9 Å². The molecule has 5 heteroatoms. The molecule has 1 aliphatic heterocycles. The Morgan fingerprint density at radius 1 is 1.28 bits per heavy atom. The van der Waals surface area contributed by atoms with E-state index in [9.17, 15) is 4.79 Å². The van der Waals surface area contributed by atoms with E-state index in [2.05, 4.69) is 37.8 Å². The third kappa shape index (κ3) is 3.23. The first kappa shape index (κ1) is 17.4. The highest BCUT2D eigenvalue weighted by Crippen LogP contribution is 2.45. The Balaban J connectivity index is 1.97. The molecule has 5 nitrogen and oxygen atoms in total. The van der Waals surface area contributed by atoms with Crippen molar-refractivity contribution >= 4 is 11.7 Å². The lowest BCUT2D eigenvalue weighted by Crippen LogP contribution is -2.47. The van der Waals surface area contributed by atoms with E-state index in [1.807, 2.05) is 12.1 Å². The summed E-state index contributed by atoms with van der Waals surface area (Å²) in [5, 5.41) is 0. The van der Waals surface area contributed by atoms with Crippen molar-refractivity contribution < 1.29 is 18.7 Å². The molecule has 0 saturated heterocycles. The molecule has 3 rings (SSSR count). The average molecular weight is 343 g/mol. The maximum atomic E-state index is 11.6. The SMILES string of the molecule is COC(=O)c1ccc(CN2c3cc(OC)ccc3[C@@H](C)CC2(C)C)o1. The summed E-state index contributed by atoms with van der Waals surface area (Å²) in [5.74, 6) is 1.81. The van der Waals surface area contributed by atoms with Crippen molar-refractivity contribution in [1.82, 2.24) is 0 Å². The van der Waals surface area contributed by atoms with Gasteiger partial charge in [0.1, 0.15) is 11.5 Å². The molecular weight excluding hydrogens is 318 g/mol. The van der Waals surface area contributed by atoms with Crippen molar-refractivity contribution in [3.05, 3.63) is 47.4 Å². The Bertz CT molecular complexity index is 778. The number of carbonyl (C=O) groups excluding carboxylic acids is 1. The Hall–Kier alpha value is -2.43. The zero-order valence-corrected chi connectivity index (χ0v) is 15.5. The first-order valence-corrected chi connectivity index (χ1v) is 8.48. The number of rotatable bonds is 4. The first-order chi connectivity index (χ1) is 11.9. The van der Waals surface area contributed by atoms with Crippen LogP contribution in [0.15, 0.2) is 34.7 Å². The number of ether oxygens (including phenoxy) is 2. The van der Waals surface area contributed by atoms with Crippen molar-refractivity contribution in [3.63, 3.8) is 0 Å². The summed E-state index contributed by atoms with van der Waals surface area (Å²) < 4.78 is 15.8. The van der Waals surface area contributed by atoms with Crippen LogP contribution in [-0.2, 0) is 11.3 Å². The molecule has 134 valence electrons. The van der Waals surface area contributed by atoms with Crippen LogP contribution in [0.3, 0.4) is 0 Å². The molecule has 1 atom stereocenters. The smallest absolute Gasteiger partial charge is 0.373 e. The summed E-state index contributed by atoms with van der Waals surface area (Å²) in [4.78, 5) is 13.9. The topological polar surface area (TPSA) is 51.9 Å². The maximum Gasteiger partial charge on any atom is 0.373 e. The summed E-state index contributed by atoms with van der Waals surface area (Å²) in [7, 11) is 3.03. The van der Waals surface area contributed by atoms with Crippen LogP contribution in [0.2, 0.25) is 0 Å². The number of methoxy groups -OCH3 is 2. The van der Waals surface area contributed by atoms with E-state index >= 15 is 0 Å². The molecule has 0 spiro atoms. The Labute approximate surface area is 148 Å². The van der Waals surface area contributed by atoms with Gasteiger partial charge in [-0.1, -0.05) is 13.0 Å². The number of nitrogens with zero attached hydrogens (tertiary/aromatic N) is 1. The molecule has 2 aromatic rings. The van der Waals surface area contributed by atoms with Crippen LogP contribution in [0.5, 0.6) is 5.75 Å². The fourth-order valence-corrected chi connectivity index (χ4v) is 3.72. The van der Waals surface area contributed by atoms with Crippen LogP contribution in [0.1, 0.15) is 55.0 Å². The van der Waals surface area contributed by atoms with E-state index in [0.717, 1.165) is 23.6 Å². The van der Waals surface area contributed by atoms with Gasteiger partial charge in [-0.25, -0.2) is 4.79 Å². The molecule has 0 unspecified atom stereocenters. The second-order valence-corrected chi connectivity index (χ2v) is 7.19. The van der Waals surface area contributed by atoms with Crippen LogP contribution < -0.4 is 9.64 Å². The highest BCUT2D eigenvalue weighted by Gasteiger charge is 2.37. The minimum Gasteiger partial charge on any atom is -0.497 e. The van der Waals surface area contributed by atoms with Crippen LogP contribution in [0.4, 0.5) is 5.69 Å². The Morgan fingerprint density at radius 3 is 2.72 bits per heavy atom. The zero-order valence-electron chi connectivity index (χ0n) is 15.5. The van der Waals surface area contributed by atoms with Gasteiger partial charge < -0.3 is 18.8 Å². The fraction of sp³-hybridized carbons (Fsp3) is 0.450. The van der Waals surface area contributed by atoms with Gasteiger partial charge in [-0.2, -0.15) is 0 Å². The maximum absolute atomic E-state index is 11.6. The third-order valence-corrected chi connectivity index (χ3v) is 4.96. The van der Waals surface area contributed by atoms with E-state index < -0.39 is 5.97 Å². The molecule has 1 aliphatic rings. The molecule has 1 aromatic heterocycles. The largest absolute Gasteiger partial charge is 0.497 e. The van der Waals surface area contributed by atoms with Gasteiger partial charge in [0.2, 0.25) is 5.76 Å². The number of carbonyl (C=O) groups is 1. The number of esters is 1. The van der Waals surface area contributed by atoms with Crippen molar-refractivity contribution in [1.29, 1.82) is 0 Å². The van der Waals surface area contributed by atoms with Crippen molar-refractivity contribution in [2.75, 3.05) is 19.1 Å². The lowest BCUT2D eigenvalue weighted by molar-refractivity contribution is 0.0563. The predicted molar refractivity (Wildman–Crippen MR) is 96.3 cm³/mol. The third-order valence-electron chi connectivity index (χ3n) is 4.96. The molecule has 0 N–H and O–H groups in total. The highest BCUT2D eigenvalue weighted by molar-refractivity contribution is 5.86. The van der Waals surface area contributed by atoms with Gasteiger partial charge in [0.05, 0.1) is 20.8 Å². The van der Waals surface area contributed by atoms with Crippen LogP contribution in [-0.4, -0.2) is 25.7 Å². The van der Waals surface area contributed by atoms with Gasteiger partial charge in [0, 0.05) is 17.3 Å². The number of hydrogen-bond acceptors (Lipinski definition) is 5. The molecule has 0 saturated carbocycles. The zero-order chi connectivity index (χ0) is 18.2. The van der Waals surface area contributed by atoms with E-state index in [0.29, 0.717) is 12.5 Å². The first-order valence-electron chi connectivity index (χ1n) is 8.48. The van der Waals surface area contributed by atoms with E-state index in [-0.39, 0.29) is 11.3 Å². The summed E-state index contributed by atoms with van der Waals surface area (Å²) in [6.07, 6.45) is 1.04. The fourth-order valence-electron chi connectivity index (χ4n) is 3.72. The minimum absolute atomic E-state index is 0.0446. The van der Waals surface area contributed by atoms with Crippen molar-refractivity contribution in [3.8, 4) is 5.75 Å². The van der Waals surface area contributed by atoms with E-state index in [1.54, 1.807) is 13.2 Å². The van der Waals surface area contributed by atoms with Gasteiger partial charge >= 0.3 is 5.97 Å².